The molecule has 0 atom stereocenters. The Morgan fingerprint density at radius 1 is 1.50 bits per heavy atom. The Bertz CT molecular complexity index is 643. The molecule has 0 bridgehead atoms. The molecule has 2 aromatic rings. The summed E-state index contributed by atoms with van der Waals surface area (Å²) in [7, 11) is 0. The van der Waals surface area contributed by atoms with Gasteiger partial charge >= 0.3 is 5.97 Å². The lowest BCUT2D eigenvalue weighted by atomic mass is 10.1. The Morgan fingerprint density at radius 2 is 2.28 bits per heavy atom. The molecule has 0 aliphatic rings. The highest BCUT2D eigenvalue weighted by Gasteiger charge is 2.12. The number of hydrogen-bond donors (Lipinski definition) is 1. The molecular formula is C12H8FN3O2. The third-order valence-electron chi connectivity index (χ3n) is 2.44. The first-order valence-electron chi connectivity index (χ1n) is 5.05. The van der Waals surface area contributed by atoms with Gasteiger partial charge in [0.1, 0.15) is 11.5 Å². The van der Waals surface area contributed by atoms with Gasteiger partial charge in [-0.15, -0.1) is 0 Å². The summed E-state index contributed by atoms with van der Waals surface area (Å²) in [4.78, 5) is 10.9. The summed E-state index contributed by atoms with van der Waals surface area (Å²) in [5, 5.41) is 21.7. The van der Waals surface area contributed by atoms with Crippen LogP contribution in [-0.2, 0) is 6.54 Å². The SMILES string of the molecule is N#Cc1ccc(F)cc1Cn1nccc1C(=O)O. The lowest BCUT2D eigenvalue weighted by Crippen LogP contribution is -2.11. The summed E-state index contributed by atoms with van der Waals surface area (Å²) in [6, 6.07) is 7.01. The van der Waals surface area contributed by atoms with Crippen LogP contribution in [0.15, 0.2) is 30.5 Å². The zero-order valence-corrected chi connectivity index (χ0v) is 9.17. The maximum absolute atomic E-state index is 13.1. The van der Waals surface area contributed by atoms with Gasteiger partial charge in [0.05, 0.1) is 18.2 Å². The molecule has 0 radical (unpaired) electrons. The summed E-state index contributed by atoms with van der Waals surface area (Å²) in [6.45, 7) is 0.0370. The van der Waals surface area contributed by atoms with E-state index in [1.165, 1.54) is 35.1 Å². The van der Waals surface area contributed by atoms with E-state index in [2.05, 4.69) is 5.10 Å². The van der Waals surface area contributed by atoms with Crippen LogP contribution in [0, 0.1) is 17.1 Å². The molecule has 90 valence electrons. The van der Waals surface area contributed by atoms with Crippen LogP contribution in [0.1, 0.15) is 21.6 Å². The number of halogens is 1. The number of nitrogens with zero attached hydrogens (tertiary/aromatic N) is 3. The van der Waals surface area contributed by atoms with Crippen LogP contribution in [0.25, 0.3) is 0 Å². The van der Waals surface area contributed by atoms with Crippen LogP contribution in [0.5, 0.6) is 0 Å². The van der Waals surface area contributed by atoms with Gasteiger partial charge in [0.25, 0.3) is 0 Å². The van der Waals surface area contributed by atoms with E-state index in [-0.39, 0.29) is 12.2 Å². The second kappa shape index (κ2) is 4.67. The average Bonchev–Trinajstić information content (AvgIpc) is 2.77. The number of rotatable bonds is 3. The number of nitriles is 1. The van der Waals surface area contributed by atoms with Gasteiger partial charge in [0.15, 0.2) is 0 Å². The molecule has 0 aliphatic heterocycles. The van der Waals surface area contributed by atoms with Crippen molar-refractivity contribution < 1.29 is 14.3 Å². The van der Waals surface area contributed by atoms with Gasteiger partial charge < -0.3 is 5.11 Å². The molecule has 0 unspecified atom stereocenters. The monoisotopic (exact) mass is 245 g/mol. The predicted octanol–water partition coefficient (Wildman–Crippen LogP) is 1.64. The van der Waals surface area contributed by atoms with Crippen LogP contribution in [0.2, 0.25) is 0 Å². The zero-order valence-electron chi connectivity index (χ0n) is 9.17. The fourth-order valence-electron chi connectivity index (χ4n) is 1.60. The number of hydrogen-bond acceptors (Lipinski definition) is 3. The molecule has 2 rings (SSSR count). The Morgan fingerprint density at radius 3 is 2.94 bits per heavy atom. The van der Waals surface area contributed by atoms with Crippen molar-refractivity contribution in [3.8, 4) is 6.07 Å². The van der Waals surface area contributed by atoms with Crippen molar-refractivity contribution >= 4 is 5.97 Å². The first-order chi connectivity index (χ1) is 8.61. The maximum atomic E-state index is 13.1. The van der Waals surface area contributed by atoms with Crippen molar-refractivity contribution in [1.82, 2.24) is 9.78 Å². The molecule has 0 aliphatic carbocycles. The van der Waals surface area contributed by atoms with Crippen molar-refractivity contribution in [2.45, 2.75) is 6.54 Å². The standard InChI is InChI=1S/C12H8FN3O2/c13-10-2-1-8(6-14)9(5-10)7-16-11(12(17)18)3-4-15-16/h1-5H,7H2,(H,17,18). The van der Waals surface area contributed by atoms with E-state index in [0.29, 0.717) is 11.1 Å². The third kappa shape index (κ3) is 2.20. The number of aromatic nitrogens is 2. The molecule has 5 nitrogen and oxygen atoms in total. The van der Waals surface area contributed by atoms with Crippen molar-refractivity contribution in [3.05, 3.63) is 53.1 Å². The largest absolute Gasteiger partial charge is 0.477 e. The highest BCUT2D eigenvalue weighted by molar-refractivity contribution is 5.85. The lowest BCUT2D eigenvalue weighted by molar-refractivity contribution is 0.0684. The predicted molar refractivity (Wildman–Crippen MR) is 59.4 cm³/mol. The van der Waals surface area contributed by atoms with E-state index in [4.69, 9.17) is 10.4 Å². The van der Waals surface area contributed by atoms with E-state index in [1.807, 2.05) is 6.07 Å². The molecule has 1 aromatic carbocycles. The maximum Gasteiger partial charge on any atom is 0.354 e. The van der Waals surface area contributed by atoms with Crippen molar-refractivity contribution in [2.24, 2.45) is 0 Å². The molecule has 6 heteroatoms. The number of carbonyl (C=O) groups is 1. The first-order valence-corrected chi connectivity index (χ1v) is 5.05. The van der Waals surface area contributed by atoms with Crippen LogP contribution < -0.4 is 0 Å². The Balaban J connectivity index is 2.40. The Hall–Kier alpha value is -2.68. The van der Waals surface area contributed by atoms with Crippen molar-refractivity contribution in [1.29, 1.82) is 5.26 Å². The molecule has 1 N–H and O–H groups in total. The molecule has 0 saturated heterocycles. The Kier molecular flexibility index (Phi) is 3.06. The van der Waals surface area contributed by atoms with Gasteiger partial charge in [-0.05, 0) is 29.8 Å². The van der Waals surface area contributed by atoms with E-state index < -0.39 is 11.8 Å². The first kappa shape index (κ1) is 11.8. The zero-order chi connectivity index (χ0) is 13.1. The van der Waals surface area contributed by atoms with E-state index in [1.54, 1.807) is 0 Å². The molecular weight excluding hydrogens is 237 g/mol. The second-order valence-electron chi connectivity index (χ2n) is 3.59. The summed E-state index contributed by atoms with van der Waals surface area (Å²) in [6.07, 6.45) is 1.34. The van der Waals surface area contributed by atoms with Gasteiger partial charge in [-0.2, -0.15) is 10.4 Å². The lowest BCUT2D eigenvalue weighted by Gasteiger charge is -2.06. The molecule has 1 aromatic heterocycles. The normalized spacial score (nSPS) is 10.0. The third-order valence-corrected chi connectivity index (χ3v) is 2.44. The van der Waals surface area contributed by atoms with Crippen LogP contribution in [-0.4, -0.2) is 20.9 Å². The second-order valence-corrected chi connectivity index (χ2v) is 3.59. The number of aromatic carboxylic acids is 1. The molecule has 1 heterocycles. The quantitative estimate of drug-likeness (QED) is 0.891. The van der Waals surface area contributed by atoms with Gasteiger partial charge in [0.2, 0.25) is 0 Å². The van der Waals surface area contributed by atoms with Crippen molar-refractivity contribution in [3.63, 3.8) is 0 Å². The summed E-state index contributed by atoms with van der Waals surface area (Å²) in [5.41, 5.74) is 0.676. The minimum atomic E-state index is -1.12. The number of benzene rings is 1. The van der Waals surface area contributed by atoms with Gasteiger partial charge in [-0.1, -0.05) is 0 Å². The minimum Gasteiger partial charge on any atom is -0.477 e. The van der Waals surface area contributed by atoms with Crippen LogP contribution in [0.4, 0.5) is 4.39 Å². The molecule has 0 amide bonds. The van der Waals surface area contributed by atoms with E-state index in [0.717, 1.165) is 0 Å². The minimum absolute atomic E-state index is 0.0110. The molecule has 18 heavy (non-hydrogen) atoms. The highest BCUT2D eigenvalue weighted by Crippen LogP contribution is 2.13. The molecule has 0 saturated carbocycles. The molecule has 0 fully saturated rings. The van der Waals surface area contributed by atoms with Gasteiger partial charge in [0, 0.05) is 6.20 Å². The fraction of sp³-hybridized carbons (Fsp3) is 0.0833. The molecule has 0 spiro atoms. The number of carboxylic acids is 1. The smallest absolute Gasteiger partial charge is 0.354 e. The fourth-order valence-corrected chi connectivity index (χ4v) is 1.60. The van der Waals surface area contributed by atoms with Gasteiger partial charge in [-0.3, -0.25) is 4.68 Å². The highest BCUT2D eigenvalue weighted by atomic mass is 19.1. The number of carboxylic acid groups (broad SMARTS) is 1. The summed E-state index contributed by atoms with van der Waals surface area (Å²) in [5.74, 6) is -1.60. The topological polar surface area (TPSA) is 78.9 Å². The average molecular weight is 245 g/mol. The van der Waals surface area contributed by atoms with Gasteiger partial charge in [-0.25, -0.2) is 9.18 Å². The van der Waals surface area contributed by atoms with E-state index in [9.17, 15) is 9.18 Å². The Labute approximate surface area is 102 Å². The van der Waals surface area contributed by atoms with E-state index >= 15 is 0 Å². The van der Waals surface area contributed by atoms with Crippen LogP contribution >= 0.6 is 0 Å². The van der Waals surface area contributed by atoms with Crippen molar-refractivity contribution in [2.75, 3.05) is 0 Å². The van der Waals surface area contributed by atoms with Crippen LogP contribution in [0.3, 0.4) is 0 Å². The summed E-state index contributed by atoms with van der Waals surface area (Å²) >= 11 is 0. The summed E-state index contributed by atoms with van der Waals surface area (Å²) < 4.78 is 14.3.